The highest BCUT2D eigenvalue weighted by Crippen LogP contribution is 2.31. The van der Waals surface area contributed by atoms with Crippen molar-refractivity contribution in [3.63, 3.8) is 0 Å². The van der Waals surface area contributed by atoms with Gasteiger partial charge in [0.15, 0.2) is 5.82 Å². The first-order valence-corrected chi connectivity index (χ1v) is 9.91. The smallest absolute Gasteiger partial charge is 0.274 e. The van der Waals surface area contributed by atoms with Crippen LogP contribution in [0.5, 0.6) is 5.75 Å². The van der Waals surface area contributed by atoms with Gasteiger partial charge >= 0.3 is 0 Å². The molecule has 1 amide bonds. The van der Waals surface area contributed by atoms with Gasteiger partial charge in [0, 0.05) is 26.2 Å². The predicted molar refractivity (Wildman–Crippen MR) is 106 cm³/mol. The van der Waals surface area contributed by atoms with Crippen LogP contribution in [0.3, 0.4) is 0 Å². The first kappa shape index (κ1) is 19.2. The van der Waals surface area contributed by atoms with Gasteiger partial charge < -0.3 is 18.7 Å². The van der Waals surface area contributed by atoms with Crippen molar-refractivity contribution in [1.82, 2.24) is 24.6 Å². The Kier molecular flexibility index (Phi) is 5.59. The summed E-state index contributed by atoms with van der Waals surface area (Å²) in [5.74, 6) is 1.80. The maximum absolute atomic E-state index is 12.9. The molecule has 1 fully saturated rings. The molecule has 2 aromatic heterocycles. The highest BCUT2D eigenvalue weighted by Gasteiger charge is 2.33. The fraction of sp³-hybridized carbons (Fsp3) is 0.429. The van der Waals surface area contributed by atoms with Crippen LogP contribution in [0.4, 0.5) is 0 Å². The highest BCUT2D eigenvalue weighted by atomic mass is 16.5. The molecule has 1 saturated heterocycles. The summed E-state index contributed by atoms with van der Waals surface area (Å²) in [6, 6.07) is 7.70. The molecule has 1 unspecified atom stereocenters. The van der Waals surface area contributed by atoms with Gasteiger partial charge in [0.05, 0.1) is 12.9 Å². The second-order valence-electron chi connectivity index (χ2n) is 7.40. The molecule has 1 aliphatic rings. The summed E-state index contributed by atoms with van der Waals surface area (Å²) in [6.07, 6.45) is 6.69. The highest BCUT2D eigenvalue weighted by molar-refractivity contribution is 5.92. The average Bonchev–Trinajstić information content (AvgIpc) is 3.37. The first-order valence-electron chi connectivity index (χ1n) is 9.91. The Labute approximate surface area is 169 Å². The molecule has 0 bridgehead atoms. The Morgan fingerprint density at radius 2 is 2.24 bits per heavy atom. The lowest BCUT2D eigenvalue weighted by atomic mass is 10.0. The predicted octanol–water partition coefficient (Wildman–Crippen LogP) is 3.10. The first-order chi connectivity index (χ1) is 14.1. The number of piperidine rings is 1. The number of rotatable bonds is 6. The molecule has 8 nitrogen and oxygen atoms in total. The number of benzene rings is 1. The minimum atomic E-state index is -0.211. The molecule has 0 aliphatic carbocycles. The van der Waals surface area contributed by atoms with Crippen molar-refractivity contribution in [2.75, 3.05) is 13.2 Å². The number of amides is 1. The number of nitrogens with zero attached hydrogens (tertiary/aromatic N) is 5. The largest absolute Gasteiger partial charge is 0.493 e. The molecular formula is C21H25N5O3. The van der Waals surface area contributed by atoms with E-state index in [0.717, 1.165) is 30.6 Å². The van der Waals surface area contributed by atoms with Crippen LogP contribution in [0.25, 0.3) is 0 Å². The summed E-state index contributed by atoms with van der Waals surface area (Å²) < 4.78 is 13.0. The van der Waals surface area contributed by atoms with Crippen LogP contribution < -0.4 is 4.74 Å². The van der Waals surface area contributed by atoms with E-state index in [4.69, 9.17) is 9.26 Å². The number of imidazole rings is 1. The minimum Gasteiger partial charge on any atom is -0.493 e. The number of carbonyl (C=O) groups excluding carboxylic acids is 1. The lowest BCUT2D eigenvalue weighted by Gasteiger charge is -2.32. The molecule has 1 aliphatic heterocycles. The molecule has 0 radical (unpaired) electrons. The fourth-order valence-electron chi connectivity index (χ4n) is 3.57. The number of hydrogen-bond acceptors (Lipinski definition) is 6. The lowest BCUT2D eigenvalue weighted by molar-refractivity contribution is 0.0556. The van der Waals surface area contributed by atoms with Gasteiger partial charge in [0.1, 0.15) is 17.5 Å². The van der Waals surface area contributed by atoms with Crippen LogP contribution in [0.1, 0.15) is 53.1 Å². The third-order valence-electron chi connectivity index (χ3n) is 5.04. The third kappa shape index (κ3) is 4.47. The molecule has 8 heteroatoms. The number of ether oxygens (including phenoxy) is 1. The summed E-state index contributed by atoms with van der Waals surface area (Å²) >= 11 is 0. The number of likely N-dealkylation sites (tertiary alicyclic amines) is 1. The van der Waals surface area contributed by atoms with Crippen molar-refractivity contribution < 1.29 is 14.1 Å². The van der Waals surface area contributed by atoms with E-state index in [2.05, 4.69) is 15.1 Å². The molecule has 4 rings (SSSR count). The van der Waals surface area contributed by atoms with Gasteiger partial charge in [-0.3, -0.25) is 4.79 Å². The van der Waals surface area contributed by atoms with Crippen LogP contribution in [0.15, 0.2) is 41.3 Å². The monoisotopic (exact) mass is 395 g/mol. The van der Waals surface area contributed by atoms with Crippen molar-refractivity contribution in [3.05, 3.63) is 59.8 Å². The Balaban J connectivity index is 1.40. The van der Waals surface area contributed by atoms with Gasteiger partial charge in [-0.05, 0) is 43.9 Å². The molecule has 29 heavy (non-hydrogen) atoms. The van der Waals surface area contributed by atoms with Gasteiger partial charge in [-0.2, -0.15) is 4.98 Å². The van der Waals surface area contributed by atoms with Crippen LogP contribution in [0.2, 0.25) is 0 Å². The normalized spacial score (nSPS) is 16.8. The number of aromatic nitrogens is 4. The Hall–Kier alpha value is -3.16. The van der Waals surface area contributed by atoms with Crippen LogP contribution in [-0.4, -0.2) is 43.7 Å². The zero-order valence-corrected chi connectivity index (χ0v) is 16.7. The van der Waals surface area contributed by atoms with E-state index in [1.54, 1.807) is 22.0 Å². The van der Waals surface area contributed by atoms with E-state index in [1.165, 1.54) is 0 Å². The van der Waals surface area contributed by atoms with E-state index in [1.807, 2.05) is 38.2 Å². The summed E-state index contributed by atoms with van der Waals surface area (Å²) in [6.45, 7) is 3.15. The average molecular weight is 395 g/mol. The van der Waals surface area contributed by atoms with E-state index in [0.29, 0.717) is 37.0 Å². The summed E-state index contributed by atoms with van der Waals surface area (Å²) in [5.41, 5.74) is 1.59. The molecule has 3 heterocycles. The second kappa shape index (κ2) is 8.46. The lowest BCUT2D eigenvalue weighted by Crippen LogP contribution is -2.38. The van der Waals surface area contributed by atoms with E-state index >= 15 is 0 Å². The third-order valence-corrected chi connectivity index (χ3v) is 5.04. The van der Waals surface area contributed by atoms with Crippen molar-refractivity contribution in [1.29, 1.82) is 0 Å². The Morgan fingerprint density at radius 3 is 3.03 bits per heavy atom. The van der Waals surface area contributed by atoms with Crippen molar-refractivity contribution >= 4 is 5.91 Å². The van der Waals surface area contributed by atoms with Gasteiger partial charge in [-0.1, -0.05) is 17.3 Å². The van der Waals surface area contributed by atoms with Crippen LogP contribution in [0, 0.1) is 6.92 Å². The molecule has 152 valence electrons. The SMILES string of the molecule is Cc1cccc(OCCc2noc(C3CCCCN3C(=O)c3cn(C)cn3)n2)c1. The van der Waals surface area contributed by atoms with Crippen molar-refractivity contribution in [2.24, 2.45) is 7.05 Å². The van der Waals surface area contributed by atoms with Gasteiger partial charge in [-0.25, -0.2) is 4.98 Å². The molecule has 0 spiro atoms. The van der Waals surface area contributed by atoms with Gasteiger partial charge in [-0.15, -0.1) is 0 Å². The quantitative estimate of drug-likeness (QED) is 0.637. The van der Waals surface area contributed by atoms with E-state index in [9.17, 15) is 4.79 Å². The number of carbonyl (C=O) groups is 1. The minimum absolute atomic E-state index is 0.0992. The van der Waals surface area contributed by atoms with Gasteiger partial charge in [0.2, 0.25) is 5.89 Å². The fourth-order valence-corrected chi connectivity index (χ4v) is 3.57. The molecule has 1 atom stereocenters. The Morgan fingerprint density at radius 1 is 1.34 bits per heavy atom. The Bertz CT molecular complexity index is 980. The maximum Gasteiger partial charge on any atom is 0.274 e. The van der Waals surface area contributed by atoms with Crippen molar-refractivity contribution in [3.8, 4) is 5.75 Å². The number of aryl methyl sites for hydroxylation is 2. The molecular weight excluding hydrogens is 370 g/mol. The molecule has 1 aromatic carbocycles. The maximum atomic E-state index is 12.9. The zero-order chi connectivity index (χ0) is 20.2. The van der Waals surface area contributed by atoms with Gasteiger partial charge in [0.25, 0.3) is 5.91 Å². The molecule has 3 aromatic rings. The van der Waals surface area contributed by atoms with Crippen LogP contribution >= 0.6 is 0 Å². The molecule has 0 saturated carbocycles. The zero-order valence-electron chi connectivity index (χ0n) is 16.7. The number of hydrogen-bond donors (Lipinski definition) is 0. The standard InChI is InChI=1S/C21H25N5O3/c1-15-6-5-7-16(12-15)28-11-9-19-23-20(29-24-19)18-8-3-4-10-26(18)21(27)17-13-25(2)14-22-17/h5-7,12-14,18H,3-4,8-11H2,1-2H3. The van der Waals surface area contributed by atoms with E-state index < -0.39 is 0 Å². The summed E-state index contributed by atoms with van der Waals surface area (Å²) in [4.78, 5) is 23.4. The van der Waals surface area contributed by atoms with Crippen LogP contribution in [-0.2, 0) is 13.5 Å². The topological polar surface area (TPSA) is 86.3 Å². The van der Waals surface area contributed by atoms with Crippen molar-refractivity contribution in [2.45, 2.75) is 38.6 Å². The van der Waals surface area contributed by atoms with E-state index in [-0.39, 0.29) is 11.9 Å². The second-order valence-corrected chi connectivity index (χ2v) is 7.40. The summed E-state index contributed by atoms with van der Waals surface area (Å²) in [5, 5.41) is 4.09. The molecule has 0 N–H and O–H groups in total. The summed E-state index contributed by atoms with van der Waals surface area (Å²) in [7, 11) is 1.85.